The molecular formula is C10H11N3O2. The Morgan fingerprint density at radius 1 is 1.60 bits per heavy atom. The van der Waals surface area contributed by atoms with Crippen LogP contribution in [0.15, 0.2) is 18.5 Å². The zero-order chi connectivity index (χ0) is 10.7. The Bertz CT molecular complexity index is 445. The Hall–Kier alpha value is -1.91. The highest BCUT2D eigenvalue weighted by Crippen LogP contribution is 2.09. The first-order valence-electron chi connectivity index (χ1n) is 4.74. The third kappa shape index (κ3) is 2.12. The number of carbonyl (C=O) groups excluding carboxylic acids is 1. The van der Waals surface area contributed by atoms with E-state index >= 15 is 0 Å². The summed E-state index contributed by atoms with van der Waals surface area (Å²) in [7, 11) is 0. The number of pyridine rings is 1. The zero-order valence-corrected chi connectivity index (χ0v) is 8.36. The second kappa shape index (κ2) is 4.08. The fourth-order valence-corrected chi connectivity index (χ4v) is 1.34. The van der Waals surface area contributed by atoms with Crippen LogP contribution in [0.1, 0.15) is 12.7 Å². The molecular weight excluding hydrogens is 194 g/mol. The van der Waals surface area contributed by atoms with Gasteiger partial charge in [-0.25, -0.2) is 4.98 Å². The van der Waals surface area contributed by atoms with Gasteiger partial charge in [0.2, 0.25) is 0 Å². The van der Waals surface area contributed by atoms with E-state index in [-0.39, 0.29) is 12.4 Å². The summed E-state index contributed by atoms with van der Waals surface area (Å²) in [5.74, 6) is 0.334. The zero-order valence-electron chi connectivity index (χ0n) is 8.36. The van der Waals surface area contributed by atoms with Gasteiger partial charge in [-0.05, 0) is 13.0 Å². The Balaban J connectivity index is 2.18. The SMILES string of the molecule is CCOC(=O)Cc1nc2ccncc2[nH]1. The minimum atomic E-state index is -0.274. The molecule has 0 amide bonds. The van der Waals surface area contributed by atoms with Crippen LogP contribution in [0.5, 0.6) is 0 Å². The molecule has 0 spiro atoms. The van der Waals surface area contributed by atoms with Gasteiger partial charge < -0.3 is 9.72 Å². The van der Waals surface area contributed by atoms with Crippen molar-refractivity contribution in [2.45, 2.75) is 13.3 Å². The molecule has 1 N–H and O–H groups in total. The second-order valence-corrected chi connectivity index (χ2v) is 3.06. The fraction of sp³-hybridized carbons (Fsp3) is 0.300. The summed E-state index contributed by atoms with van der Waals surface area (Å²) < 4.78 is 4.83. The molecule has 2 aromatic heterocycles. The predicted molar refractivity (Wildman–Crippen MR) is 54.2 cm³/mol. The van der Waals surface area contributed by atoms with E-state index in [2.05, 4.69) is 15.0 Å². The van der Waals surface area contributed by atoms with Crippen LogP contribution in [0.4, 0.5) is 0 Å². The van der Waals surface area contributed by atoms with Crippen molar-refractivity contribution < 1.29 is 9.53 Å². The molecule has 2 heterocycles. The van der Waals surface area contributed by atoms with Crippen molar-refractivity contribution >= 4 is 17.0 Å². The quantitative estimate of drug-likeness (QED) is 0.761. The van der Waals surface area contributed by atoms with Crippen molar-refractivity contribution in [2.24, 2.45) is 0 Å². The summed E-state index contributed by atoms with van der Waals surface area (Å²) in [6, 6.07) is 1.79. The van der Waals surface area contributed by atoms with E-state index in [4.69, 9.17) is 4.74 Å². The van der Waals surface area contributed by atoms with E-state index in [0.29, 0.717) is 12.4 Å². The van der Waals surface area contributed by atoms with Crippen LogP contribution in [0.3, 0.4) is 0 Å². The molecule has 5 nitrogen and oxygen atoms in total. The van der Waals surface area contributed by atoms with Crippen molar-refractivity contribution in [3.8, 4) is 0 Å². The smallest absolute Gasteiger partial charge is 0.313 e. The Kier molecular flexibility index (Phi) is 2.62. The second-order valence-electron chi connectivity index (χ2n) is 3.06. The first-order chi connectivity index (χ1) is 7.29. The molecule has 0 radical (unpaired) electrons. The summed E-state index contributed by atoms with van der Waals surface area (Å²) in [4.78, 5) is 22.4. The standard InChI is InChI=1S/C10H11N3O2/c1-2-15-10(14)5-9-12-7-3-4-11-6-8(7)13-9/h3-4,6H,2,5H2,1H3,(H,12,13). The number of nitrogens with zero attached hydrogens (tertiary/aromatic N) is 2. The lowest BCUT2D eigenvalue weighted by Gasteiger charge is -1.97. The molecule has 0 unspecified atom stereocenters. The van der Waals surface area contributed by atoms with Crippen LogP contribution >= 0.6 is 0 Å². The van der Waals surface area contributed by atoms with Gasteiger partial charge in [-0.2, -0.15) is 0 Å². The number of fused-ring (bicyclic) bond motifs is 1. The number of H-pyrrole nitrogens is 1. The van der Waals surface area contributed by atoms with Gasteiger partial charge in [0.25, 0.3) is 0 Å². The Morgan fingerprint density at radius 3 is 3.20 bits per heavy atom. The third-order valence-electron chi connectivity index (χ3n) is 1.95. The summed E-state index contributed by atoms with van der Waals surface area (Å²) in [6.07, 6.45) is 3.51. The van der Waals surface area contributed by atoms with E-state index < -0.39 is 0 Å². The van der Waals surface area contributed by atoms with Crippen LogP contribution in [0, 0.1) is 0 Å². The highest BCUT2D eigenvalue weighted by molar-refractivity contribution is 5.76. The van der Waals surface area contributed by atoms with Crippen LogP contribution in [0.25, 0.3) is 11.0 Å². The average molecular weight is 205 g/mol. The van der Waals surface area contributed by atoms with Gasteiger partial charge in [-0.1, -0.05) is 0 Å². The highest BCUT2D eigenvalue weighted by Gasteiger charge is 2.08. The monoisotopic (exact) mass is 205 g/mol. The maximum atomic E-state index is 11.2. The number of hydrogen-bond acceptors (Lipinski definition) is 4. The van der Waals surface area contributed by atoms with Crippen molar-refractivity contribution in [3.05, 3.63) is 24.3 Å². The molecule has 2 rings (SSSR count). The van der Waals surface area contributed by atoms with Gasteiger partial charge in [0.05, 0.1) is 23.8 Å². The van der Waals surface area contributed by atoms with Gasteiger partial charge >= 0.3 is 5.97 Å². The molecule has 15 heavy (non-hydrogen) atoms. The minimum Gasteiger partial charge on any atom is -0.466 e. The van der Waals surface area contributed by atoms with Crippen molar-refractivity contribution in [2.75, 3.05) is 6.61 Å². The molecule has 0 aromatic carbocycles. The molecule has 2 aromatic rings. The van der Waals surface area contributed by atoms with Gasteiger partial charge in [-0.3, -0.25) is 9.78 Å². The minimum absolute atomic E-state index is 0.169. The van der Waals surface area contributed by atoms with Crippen LogP contribution < -0.4 is 0 Å². The summed E-state index contributed by atoms with van der Waals surface area (Å²) in [5.41, 5.74) is 1.64. The maximum Gasteiger partial charge on any atom is 0.313 e. The molecule has 78 valence electrons. The number of esters is 1. The van der Waals surface area contributed by atoms with E-state index in [1.807, 2.05) is 0 Å². The number of nitrogens with one attached hydrogen (secondary N) is 1. The molecule has 0 fully saturated rings. The molecule has 0 aliphatic rings. The fourth-order valence-electron chi connectivity index (χ4n) is 1.34. The van der Waals surface area contributed by atoms with Crippen molar-refractivity contribution in [1.29, 1.82) is 0 Å². The number of hydrogen-bond donors (Lipinski definition) is 1. The molecule has 0 saturated carbocycles. The van der Waals surface area contributed by atoms with Crippen LogP contribution in [-0.2, 0) is 16.0 Å². The lowest BCUT2D eigenvalue weighted by Crippen LogP contribution is -2.08. The summed E-state index contributed by atoms with van der Waals surface area (Å²) >= 11 is 0. The largest absolute Gasteiger partial charge is 0.466 e. The third-order valence-corrected chi connectivity index (χ3v) is 1.95. The molecule has 0 aliphatic heterocycles. The van der Waals surface area contributed by atoms with Crippen LogP contribution in [-0.4, -0.2) is 27.5 Å². The number of aromatic nitrogens is 3. The van der Waals surface area contributed by atoms with Gasteiger partial charge in [0.1, 0.15) is 12.2 Å². The lowest BCUT2D eigenvalue weighted by atomic mass is 10.4. The topological polar surface area (TPSA) is 67.9 Å². The predicted octanol–water partition coefficient (Wildman–Crippen LogP) is 1.06. The van der Waals surface area contributed by atoms with E-state index in [0.717, 1.165) is 11.0 Å². The van der Waals surface area contributed by atoms with Crippen molar-refractivity contribution in [1.82, 2.24) is 15.0 Å². The number of ether oxygens (including phenoxy) is 1. The highest BCUT2D eigenvalue weighted by atomic mass is 16.5. The molecule has 5 heteroatoms. The van der Waals surface area contributed by atoms with Gasteiger partial charge in [0, 0.05) is 6.20 Å². The number of imidazole rings is 1. The Morgan fingerprint density at radius 2 is 2.47 bits per heavy atom. The van der Waals surface area contributed by atoms with Gasteiger partial charge in [-0.15, -0.1) is 0 Å². The number of rotatable bonds is 3. The molecule has 0 aliphatic carbocycles. The lowest BCUT2D eigenvalue weighted by molar-refractivity contribution is -0.142. The first kappa shape index (κ1) is 9.64. The normalized spacial score (nSPS) is 10.5. The van der Waals surface area contributed by atoms with E-state index in [9.17, 15) is 4.79 Å². The average Bonchev–Trinajstić information content (AvgIpc) is 2.59. The summed E-state index contributed by atoms with van der Waals surface area (Å²) in [5, 5.41) is 0. The molecule has 0 bridgehead atoms. The molecule has 0 saturated heterocycles. The van der Waals surface area contributed by atoms with Crippen LogP contribution in [0.2, 0.25) is 0 Å². The molecule has 0 atom stereocenters. The number of carbonyl (C=O) groups is 1. The van der Waals surface area contributed by atoms with Crippen molar-refractivity contribution in [3.63, 3.8) is 0 Å². The number of aromatic amines is 1. The van der Waals surface area contributed by atoms with E-state index in [1.165, 1.54) is 0 Å². The first-order valence-corrected chi connectivity index (χ1v) is 4.74. The van der Waals surface area contributed by atoms with Gasteiger partial charge in [0.15, 0.2) is 0 Å². The summed E-state index contributed by atoms with van der Waals surface area (Å²) in [6.45, 7) is 2.17. The van der Waals surface area contributed by atoms with E-state index in [1.54, 1.807) is 25.4 Å². The maximum absolute atomic E-state index is 11.2. The Labute approximate surface area is 86.5 Å².